The van der Waals surface area contributed by atoms with Crippen LogP contribution in [0.5, 0.6) is 0 Å². The van der Waals surface area contributed by atoms with E-state index < -0.39 is 60.4 Å². The molecule has 250 valence electrons. The fourth-order valence-electron chi connectivity index (χ4n) is 6.03. The Kier molecular flexibility index (Phi) is 11.1. The van der Waals surface area contributed by atoms with Crippen molar-refractivity contribution in [3.8, 4) is 0 Å². The van der Waals surface area contributed by atoms with Gasteiger partial charge in [0.15, 0.2) is 0 Å². The molecule has 0 spiro atoms. The first-order valence-electron chi connectivity index (χ1n) is 15.6. The molecule has 47 heavy (non-hydrogen) atoms. The number of fused-ring (bicyclic) bond motifs is 1. The zero-order chi connectivity index (χ0) is 34.5. The normalized spacial score (nSPS) is 17.1. The molecule has 1 aliphatic rings. The number of amides is 4. The molecule has 1 saturated heterocycles. The van der Waals surface area contributed by atoms with Gasteiger partial charge in [-0.15, -0.1) is 0 Å². The van der Waals surface area contributed by atoms with Crippen molar-refractivity contribution in [3.05, 3.63) is 83.4 Å². The van der Waals surface area contributed by atoms with Crippen LogP contribution in [0.4, 0.5) is 0 Å². The Morgan fingerprint density at radius 1 is 0.979 bits per heavy atom. The molecule has 0 saturated carbocycles. The quantitative estimate of drug-likeness (QED) is 0.184. The maximum absolute atomic E-state index is 14.3. The van der Waals surface area contributed by atoms with Gasteiger partial charge in [-0.3, -0.25) is 29.0 Å². The van der Waals surface area contributed by atoms with E-state index in [4.69, 9.17) is 11.5 Å². The van der Waals surface area contributed by atoms with Gasteiger partial charge in [-0.05, 0) is 93.6 Å². The first-order chi connectivity index (χ1) is 22.2. The van der Waals surface area contributed by atoms with Gasteiger partial charge in [0.05, 0.1) is 30.2 Å². The summed E-state index contributed by atoms with van der Waals surface area (Å²) in [6.45, 7) is 6.65. The number of nitrogens with two attached hydrogens (primary N) is 2. The average molecular weight is 646 g/mol. The topological polar surface area (TPSA) is 196 Å². The summed E-state index contributed by atoms with van der Waals surface area (Å²) >= 11 is 0. The zero-order valence-electron chi connectivity index (χ0n) is 26.9. The number of aryl methyl sites for hydroxylation is 1. The molecule has 4 amide bonds. The number of rotatable bonds is 12. The predicted octanol–water partition coefficient (Wildman–Crippen LogP) is 2.41. The van der Waals surface area contributed by atoms with Crippen LogP contribution in [0.15, 0.2) is 66.7 Å². The minimum Gasteiger partial charge on any atom is -0.478 e. The molecule has 2 unspecified atom stereocenters. The molecule has 1 fully saturated rings. The third kappa shape index (κ3) is 8.59. The fraction of sp³-hybridized carbons (Fsp3) is 0.400. The van der Waals surface area contributed by atoms with E-state index in [1.54, 1.807) is 6.07 Å². The summed E-state index contributed by atoms with van der Waals surface area (Å²) in [5.41, 5.74) is 12.1. The standard InChI is InChI=1S/C35H43N5O7/c1-35(2,3)39-17-7-10-27(39)31(43)38-30(28(41)16-11-21-8-5-4-6-9-21)40(33(45)26(36)20-29(37)42)32(44)24-14-12-23-19-25(34(46)47)15-13-22(23)18-24/h4-6,8-9,12-15,18-19,26-28,30,41H,7,10-11,16-17,20,36H2,1-3H3,(H2,37,42)(H,38,43)(H,46,47)/t26-,27+,28?,30?/m0/s1. The van der Waals surface area contributed by atoms with Crippen LogP contribution in [0, 0.1) is 0 Å². The summed E-state index contributed by atoms with van der Waals surface area (Å²) in [7, 11) is 0. The van der Waals surface area contributed by atoms with Crippen molar-refractivity contribution in [2.24, 2.45) is 11.5 Å². The number of primary amides is 1. The van der Waals surface area contributed by atoms with Crippen LogP contribution in [0.1, 0.15) is 72.7 Å². The van der Waals surface area contributed by atoms with Crippen molar-refractivity contribution in [2.75, 3.05) is 6.54 Å². The van der Waals surface area contributed by atoms with Crippen molar-refractivity contribution in [1.82, 2.24) is 15.1 Å². The number of carboxylic acids is 1. The molecule has 12 nitrogen and oxygen atoms in total. The number of benzene rings is 3. The van der Waals surface area contributed by atoms with Crippen LogP contribution >= 0.6 is 0 Å². The summed E-state index contributed by atoms with van der Waals surface area (Å²) in [6.07, 6.45) is -1.78. The van der Waals surface area contributed by atoms with Gasteiger partial charge in [-0.1, -0.05) is 42.5 Å². The minimum atomic E-state index is -1.54. The molecule has 3 aromatic rings. The smallest absolute Gasteiger partial charge is 0.335 e. The number of aliphatic hydroxyl groups is 1. The molecule has 4 rings (SSSR count). The van der Waals surface area contributed by atoms with E-state index in [1.165, 1.54) is 30.3 Å². The van der Waals surface area contributed by atoms with Gasteiger partial charge < -0.3 is 27.0 Å². The van der Waals surface area contributed by atoms with Gasteiger partial charge >= 0.3 is 5.97 Å². The Morgan fingerprint density at radius 3 is 2.19 bits per heavy atom. The number of nitrogens with zero attached hydrogens (tertiary/aromatic N) is 2. The molecule has 0 aliphatic carbocycles. The van der Waals surface area contributed by atoms with Gasteiger partial charge in [0, 0.05) is 11.1 Å². The number of carbonyl (C=O) groups excluding carboxylic acids is 4. The predicted molar refractivity (Wildman–Crippen MR) is 176 cm³/mol. The van der Waals surface area contributed by atoms with E-state index in [-0.39, 0.29) is 23.1 Å². The van der Waals surface area contributed by atoms with E-state index >= 15 is 0 Å². The Hall–Kier alpha value is -4.65. The maximum Gasteiger partial charge on any atom is 0.335 e. The van der Waals surface area contributed by atoms with Crippen LogP contribution < -0.4 is 16.8 Å². The lowest BCUT2D eigenvalue weighted by Gasteiger charge is -2.39. The minimum absolute atomic E-state index is 0.0203. The third-order valence-corrected chi connectivity index (χ3v) is 8.45. The average Bonchev–Trinajstić information content (AvgIpc) is 3.54. The molecule has 4 atom stereocenters. The first kappa shape index (κ1) is 35.2. The van der Waals surface area contributed by atoms with Crippen molar-refractivity contribution in [3.63, 3.8) is 0 Å². The van der Waals surface area contributed by atoms with Crippen LogP contribution in [-0.4, -0.2) is 86.0 Å². The number of hydrogen-bond acceptors (Lipinski definition) is 8. The van der Waals surface area contributed by atoms with Gasteiger partial charge in [-0.25, -0.2) is 4.79 Å². The highest BCUT2D eigenvalue weighted by atomic mass is 16.4. The monoisotopic (exact) mass is 645 g/mol. The highest BCUT2D eigenvalue weighted by Crippen LogP contribution is 2.27. The Balaban J connectivity index is 1.76. The van der Waals surface area contributed by atoms with Crippen LogP contribution in [0.2, 0.25) is 0 Å². The lowest BCUT2D eigenvalue weighted by molar-refractivity contribution is -0.140. The number of carboxylic acid groups (broad SMARTS) is 1. The molecular formula is C35H43N5O7. The summed E-state index contributed by atoms with van der Waals surface area (Å²) in [5, 5.41) is 24.9. The van der Waals surface area contributed by atoms with Gasteiger partial charge in [-0.2, -0.15) is 0 Å². The number of imide groups is 1. The lowest BCUT2D eigenvalue weighted by atomic mass is 10.0. The number of hydrogen-bond donors (Lipinski definition) is 5. The van der Waals surface area contributed by atoms with Crippen molar-refractivity contribution in [2.45, 2.75) is 82.8 Å². The molecule has 1 aliphatic heterocycles. The number of aromatic carboxylic acids is 1. The summed E-state index contributed by atoms with van der Waals surface area (Å²) in [6, 6.07) is 16.0. The van der Waals surface area contributed by atoms with Gasteiger partial charge in [0.25, 0.3) is 5.91 Å². The SMILES string of the molecule is CC(C)(C)N1CCC[C@@H]1C(=O)NC(C(O)CCc1ccccc1)N(C(=O)c1ccc2cc(C(=O)O)ccc2c1)C(=O)[C@@H](N)CC(N)=O. The first-order valence-corrected chi connectivity index (χ1v) is 15.6. The number of likely N-dealkylation sites (tertiary alicyclic amines) is 1. The molecule has 0 radical (unpaired) electrons. The number of aliphatic hydroxyl groups excluding tert-OH is 1. The number of carbonyl (C=O) groups is 5. The van der Waals surface area contributed by atoms with Crippen molar-refractivity contribution >= 4 is 40.4 Å². The highest BCUT2D eigenvalue weighted by Gasteiger charge is 2.42. The zero-order valence-corrected chi connectivity index (χ0v) is 26.9. The van der Waals surface area contributed by atoms with E-state index in [2.05, 4.69) is 5.32 Å². The Labute approximate surface area is 273 Å². The largest absolute Gasteiger partial charge is 0.478 e. The Morgan fingerprint density at radius 2 is 1.60 bits per heavy atom. The van der Waals surface area contributed by atoms with Crippen LogP contribution in [-0.2, 0) is 20.8 Å². The molecule has 12 heteroatoms. The second kappa shape index (κ2) is 14.8. The molecule has 0 bridgehead atoms. The van der Waals surface area contributed by atoms with E-state index in [9.17, 15) is 34.2 Å². The van der Waals surface area contributed by atoms with Crippen molar-refractivity contribution < 1.29 is 34.2 Å². The Bertz CT molecular complexity index is 1640. The van der Waals surface area contributed by atoms with Gasteiger partial charge in [0.1, 0.15) is 6.17 Å². The molecule has 3 aromatic carbocycles. The molecule has 0 aromatic heterocycles. The number of nitrogens with one attached hydrogen (secondary N) is 1. The van der Waals surface area contributed by atoms with E-state index in [0.29, 0.717) is 30.2 Å². The van der Waals surface area contributed by atoms with Gasteiger partial charge in [0.2, 0.25) is 17.7 Å². The van der Waals surface area contributed by atoms with E-state index in [1.807, 2.05) is 56.0 Å². The molecule has 1 heterocycles. The third-order valence-electron chi connectivity index (χ3n) is 8.45. The second-order valence-corrected chi connectivity index (χ2v) is 12.9. The maximum atomic E-state index is 14.3. The highest BCUT2D eigenvalue weighted by molar-refractivity contribution is 6.09. The second-order valence-electron chi connectivity index (χ2n) is 12.9. The van der Waals surface area contributed by atoms with Crippen molar-refractivity contribution in [1.29, 1.82) is 0 Å². The molecular weight excluding hydrogens is 602 g/mol. The molecule has 7 N–H and O–H groups in total. The van der Waals surface area contributed by atoms with Crippen LogP contribution in [0.3, 0.4) is 0 Å². The van der Waals surface area contributed by atoms with Crippen LogP contribution in [0.25, 0.3) is 10.8 Å². The summed E-state index contributed by atoms with van der Waals surface area (Å²) < 4.78 is 0. The lowest BCUT2D eigenvalue weighted by Crippen LogP contribution is -2.64. The fourth-order valence-corrected chi connectivity index (χ4v) is 6.03. The summed E-state index contributed by atoms with van der Waals surface area (Å²) in [5.74, 6) is -4.31. The summed E-state index contributed by atoms with van der Waals surface area (Å²) in [4.78, 5) is 68.2. The van der Waals surface area contributed by atoms with E-state index in [0.717, 1.165) is 16.9 Å².